The van der Waals surface area contributed by atoms with Crippen molar-refractivity contribution >= 4 is 39.8 Å². The minimum atomic E-state index is -0.538. The monoisotopic (exact) mass is 398 g/mol. The second-order valence-electron chi connectivity index (χ2n) is 7.10. The van der Waals surface area contributed by atoms with Gasteiger partial charge in [-0.3, -0.25) is 9.59 Å². The Hall–Kier alpha value is -2.67. The van der Waals surface area contributed by atoms with Gasteiger partial charge >= 0.3 is 5.97 Å². The molecule has 4 rings (SSSR count). The second-order valence-corrected chi connectivity index (χ2v) is 8.20. The predicted octanol–water partition coefficient (Wildman–Crippen LogP) is 3.33. The molecule has 2 amide bonds. The molecule has 0 saturated carbocycles. The minimum absolute atomic E-state index is 0.225. The largest absolute Gasteiger partial charge is 0.452 e. The fourth-order valence-corrected chi connectivity index (χ4v) is 5.23. The number of hydrogen-bond donors (Lipinski definition) is 1. The Balaban J connectivity index is 1.49. The van der Waals surface area contributed by atoms with Crippen molar-refractivity contribution in [3.63, 3.8) is 0 Å². The molecule has 28 heavy (non-hydrogen) atoms. The van der Waals surface area contributed by atoms with Crippen LogP contribution in [0.4, 0.5) is 10.7 Å². The molecule has 1 aliphatic heterocycles. The van der Waals surface area contributed by atoms with Crippen LogP contribution in [0.25, 0.3) is 0 Å². The van der Waals surface area contributed by atoms with E-state index in [2.05, 4.69) is 5.32 Å². The third-order valence-corrected chi connectivity index (χ3v) is 6.39. The van der Waals surface area contributed by atoms with Crippen LogP contribution in [0, 0.1) is 0 Å². The normalized spacial score (nSPS) is 15.0. The van der Waals surface area contributed by atoms with Crippen LogP contribution >= 0.6 is 11.3 Å². The molecule has 1 aromatic carbocycles. The van der Waals surface area contributed by atoms with Gasteiger partial charge in [-0.05, 0) is 49.3 Å². The number of benzene rings is 1. The Labute approximate surface area is 167 Å². The van der Waals surface area contributed by atoms with Crippen LogP contribution in [0.1, 0.15) is 46.1 Å². The smallest absolute Gasteiger partial charge is 0.341 e. The summed E-state index contributed by atoms with van der Waals surface area (Å²) < 4.78 is 5.39. The molecular formula is C21H22N2O4S. The fraction of sp³-hybridized carbons (Fsp3) is 0.381. The number of para-hydroxylation sites is 1. The highest BCUT2D eigenvalue weighted by Crippen LogP contribution is 2.38. The number of rotatable bonds is 4. The molecule has 0 spiro atoms. The van der Waals surface area contributed by atoms with E-state index in [0.717, 1.165) is 53.8 Å². The summed E-state index contributed by atoms with van der Waals surface area (Å²) in [6.07, 6.45) is 4.59. The van der Waals surface area contributed by atoms with Crippen molar-refractivity contribution in [2.45, 2.75) is 39.0 Å². The number of amides is 2. The van der Waals surface area contributed by atoms with Gasteiger partial charge in [-0.1, -0.05) is 18.2 Å². The van der Waals surface area contributed by atoms with E-state index in [1.807, 2.05) is 24.3 Å². The fourth-order valence-electron chi connectivity index (χ4n) is 3.90. The molecule has 1 N–H and O–H groups in total. The van der Waals surface area contributed by atoms with Gasteiger partial charge in [-0.2, -0.15) is 0 Å². The summed E-state index contributed by atoms with van der Waals surface area (Å²) >= 11 is 1.44. The summed E-state index contributed by atoms with van der Waals surface area (Å²) in [5, 5.41) is 3.28. The molecular weight excluding hydrogens is 376 g/mol. The van der Waals surface area contributed by atoms with Crippen LogP contribution in [0.3, 0.4) is 0 Å². The van der Waals surface area contributed by atoms with Gasteiger partial charge in [0.05, 0.1) is 5.56 Å². The average Bonchev–Trinajstić information content (AvgIpc) is 3.26. The van der Waals surface area contributed by atoms with E-state index in [1.54, 1.807) is 4.90 Å². The van der Waals surface area contributed by atoms with Gasteiger partial charge in [0.25, 0.3) is 5.91 Å². The molecule has 0 fully saturated rings. The van der Waals surface area contributed by atoms with Crippen molar-refractivity contribution < 1.29 is 19.1 Å². The lowest BCUT2D eigenvalue weighted by Gasteiger charge is -2.17. The molecule has 0 bridgehead atoms. The van der Waals surface area contributed by atoms with E-state index >= 15 is 0 Å². The maximum absolute atomic E-state index is 12.8. The lowest BCUT2D eigenvalue weighted by molar-refractivity contribution is -0.121. The molecule has 2 heterocycles. The first-order valence-electron chi connectivity index (χ1n) is 9.52. The van der Waals surface area contributed by atoms with E-state index in [1.165, 1.54) is 18.3 Å². The highest BCUT2D eigenvalue weighted by molar-refractivity contribution is 7.17. The maximum atomic E-state index is 12.8. The van der Waals surface area contributed by atoms with Gasteiger partial charge in [0.1, 0.15) is 5.00 Å². The Morgan fingerprint density at radius 1 is 1.14 bits per heavy atom. The van der Waals surface area contributed by atoms with Gasteiger partial charge in [0.15, 0.2) is 6.61 Å². The first kappa shape index (κ1) is 18.7. The van der Waals surface area contributed by atoms with E-state index in [4.69, 9.17) is 4.74 Å². The lowest BCUT2D eigenvalue weighted by Crippen LogP contribution is -2.33. The SMILES string of the molecule is CC(=O)Nc1sc2c(c1C(=O)OCC(=O)N1CCc3ccccc31)CCCC2. The molecule has 0 atom stereocenters. The van der Waals surface area contributed by atoms with Crippen LogP contribution in [0.5, 0.6) is 0 Å². The van der Waals surface area contributed by atoms with E-state index in [9.17, 15) is 14.4 Å². The van der Waals surface area contributed by atoms with Crippen molar-refractivity contribution in [1.29, 1.82) is 0 Å². The third kappa shape index (κ3) is 3.54. The Bertz CT molecular complexity index is 950. The number of hydrogen-bond acceptors (Lipinski definition) is 5. The molecule has 2 aliphatic rings. The first-order valence-corrected chi connectivity index (χ1v) is 10.3. The van der Waals surface area contributed by atoms with Crippen LogP contribution in [-0.2, 0) is 33.6 Å². The molecule has 1 aromatic heterocycles. The number of nitrogens with zero attached hydrogens (tertiary/aromatic N) is 1. The summed E-state index contributed by atoms with van der Waals surface area (Å²) in [5.41, 5.74) is 3.39. The topological polar surface area (TPSA) is 75.7 Å². The lowest BCUT2D eigenvalue weighted by atomic mass is 9.95. The summed E-state index contributed by atoms with van der Waals surface area (Å²) in [6.45, 7) is 1.71. The number of carbonyl (C=O) groups excluding carboxylic acids is 3. The van der Waals surface area contributed by atoms with Crippen molar-refractivity contribution in [3.05, 3.63) is 45.8 Å². The van der Waals surface area contributed by atoms with Crippen molar-refractivity contribution in [3.8, 4) is 0 Å². The second kappa shape index (κ2) is 7.75. The highest BCUT2D eigenvalue weighted by atomic mass is 32.1. The molecule has 0 unspecified atom stereocenters. The molecule has 2 aromatic rings. The van der Waals surface area contributed by atoms with Crippen LogP contribution < -0.4 is 10.2 Å². The zero-order valence-corrected chi connectivity index (χ0v) is 16.6. The average molecular weight is 398 g/mol. The molecule has 146 valence electrons. The molecule has 0 saturated heterocycles. The Morgan fingerprint density at radius 3 is 2.75 bits per heavy atom. The van der Waals surface area contributed by atoms with Crippen molar-refractivity contribution in [2.24, 2.45) is 0 Å². The van der Waals surface area contributed by atoms with Gasteiger partial charge < -0.3 is 15.0 Å². The molecule has 7 heteroatoms. The van der Waals surface area contributed by atoms with Gasteiger partial charge in [0, 0.05) is 24.0 Å². The van der Waals surface area contributed by atoms with Gasteiger partial charge in [0.2, 0.25) is 5.91 Å². The van der Waals surface area contributed by atoms with E-state index in [0.29, 0.717) is 17.1 Å². The van der Waals surface area contributed by atoms with E-state index < -0.39 is 5.97 Å². The minimum Gasteiger partial charge on any atom is -0.452 e. The highest BCUT2D eigenvalue weighted by Gasteiger charge is 2.29. The number of fused-ring (bicyclic) bond motifs is 2. The summed E-state index contributed by atoms with van der Waals surface area (Å²) in [6, 6.07) is 7.77. The molecule has 6 nitrogen and oxygen atoms in total. The standard InChI is InChI=1S/C21H22N2O4S/c1-13(24)22-20-19(15-7-3-5-9-17(15)28-20)21(26)27-12-18(25)23-11-10-14-6-2-4-8-16(14)23/h2,4,6,8H,3,5,7,9-12H2,1H3,(H,22,24). The number of nitrogens with one attached hydrogen (secondary N) is 1. The number of carbonyl (C=O) groups is 3. The van der Waals surface area contributed by atoms with E-state index in [-0.39, 0.29) is 18.4 Å². The van der Waals surface area contributed by atoms with Gasteiger partial charge in [-0.15, -0.1) is 11.3 Å². The predicted molar refractivity (Wildman–Crippen MR) is 108 cm³/mol. The van der Waals surface area contributed by atoms with Crippen LogP contribution in [0.2, 0.25) is 0 Å². The summed E-state index contributed by atoms with van der Waals surface area (Å²) in [5.74, 6) is -0.996. The third-order valence-electron chi connectivity index (χ3n) is 5.18. The summed E-state index contributed by atoms with van der Waals surface area (Å²) in [4.78, 5) is 39.8. The van der Waals surface area contributed by atoms with Crippen molar-refractivity contribution in [1.82, 2.24) is 0 Å². The zero-order valence-electron chi connectivity index (χ0n) is 15.7. The molecule has 0 radical (unpaired) electrons. The number of ether oxygens (including phenoxy) is 1. The first-order chi connectivity index (χ1) is 13.5. The van der Waals surface area contributed by atoms with Crippen LogP contribution in [-0.4, -0.2) is 30.9 Å². The summed E-state index contributed by atoms with van der Waals surface area (Å²) in [7, 11) is 0. The Morgan fingerprint density at radius 2 is 1.93 bits per heavy atom. The Kier molecular flexibility index (Phi) is 5.17. The zero-order chi connectivity index (χ0) is 19.7. The molecule has 1 aliphatic carbocycles. The van der Waals surface area contributed by atoms with Crippen LogP contribution in [0.15, 0.2) is 24.3 Å². The number of thiophene rings is 1. The van der Waals surface area contributed by atoms with Crippen molar-refractivity contribution in [2.75, 3.05) is 23.4 Å². The maximum Gasteiger partial charge on any atom is 0.341 e. The van der Waals surface area contributed by atoms with Gasteiger partial charge in [-0.25, -0.2) is 4.79 Å². The number of anilines is 2. The quantitative estimate of drug-likeness (QED) is 0.802. The number of esters is 1. The number of aryl methyl sites for hydroxylation is 1.